The van der Waals surface area contributed by atoms with E-state index in [1.165, 1.54) is 0 Å². The topological polar surface area (TPSA) is 79.3 Å². The molecule has 0 spiro atoms. The van der Waals surface area contributed by atoms with Crippen LogP contribution in [-0.4, -0.2) is 27.9 Å². The number of rotatable bonds is 5. The molecule has 0 aliphatic heterocycles. The standard InChI is InChI=1S/C18H18N2O3/c21-16-8-4-7-14-13(16)9-10-17(19-14)20-15(18(22)23)11-12-5-2-1-3-6-12/h1-3,5-6,9-10,15H,4,7-8,11H2,(H,19,20)(H,22,23)/t15-/m0/s1. The number of ketones is 1. The molecule has 0 saturated carbocycles. The number of hydrogen-bond acceptors (Lipinski definition) is 4. The average molecular weight is 310 g/mol. The summed E-state index contributed by atoms with van der Waals surface area (Å²) in [5.41, 5.74) is 2.37. The van der Waals surface area contributed by atoms with E-state index in [0.717, 1.165) is 24.1 Å². The molecule has 0 bridgehead atoms. The van der Waals surface area contributed by atoms with E-state index in [1.807, 2.05) is 30.3 Å². The number of carbonyl (C=O) groups is 2. The molecule has 3 rings (SSSR count). The number of nitrogens with zero attached hydrogens (tertiary/aromatic N) is 1. The van der Waals surface area contributed by atoms with E-state index >= 15 is 0 Å². The fourth-order valence-corrected chi connectivity index (χ4v) is 2.81. The van der Waals surface area contributed by atoms with E-state index in [-0.39, 0.29) is 5.78 Å². The van der Waals surface area contributed by atoms with Gasteiger partial charge in [0.1, 0.15) is 11.9 Å². The van der Waals surface area contributed by atoms with Crippen LogP contribution in [0.15, 0.2) is 42.5 Å². The van der Waals surface area contributed by atoms with E-state index in [9.17, 15) is 14.7 Å². The third kappa shape index (κ3) is 3.56. The number of benzene rings is 1. The monoisotopic (exact) mass is 310 g/mol. The fourth-order valence-electron chi connectivity index (χ4n) is 2.81. The van der Waals surface area contributed by atoms with Gasteiger partial charge >= 0.3 is 5.97 Å². The van der Waals surface area contributed by atoms with Gasteiger partial charge in [-0.2, -0.15) is 0 Å². The Morgan fingerprint density at radius 1 is 1.17 bits per heavy atom. The number of fused-ring (bicyclic) bond motifs is 1. The molecule has 5 heteroatoms. The van der Waals surface area contributed by atoms with Crippen LogP contribution >= 0.6 is 0 Å². The Balaban J connectivity index is 1.78. The van der Waals surface area contributed by atoms with Crippen LogP contribution in [0.5, 0.6) is 0 Å². The van der Waals surface area contributed by atoms with Crippen molar-refractivity contribution in [2.24, 2.45) is 0 Å². The Kier molecular flexibility index (Phi) is 4.37. The van der Waals surface area contributed by atoms with Gasteiger partial charge in [-0.25, -0.2) is 9.78 Å². The van der Waals surface area contributed by atoms with Crippen molar-refractivity contribution in [2.75, 3.05) is 5.32 Å². The lowest BCUT2D eigenvalue weighted by molar-refractivity contribution is -0.137. The number of aryl methyl sites for hydroxylation is 1. The van der Waals surface area contributed by atoms with E-state index < -0.39 is 12.0 Å². The summed E-state index contributed by atoms with van der Waals surface area (Å²) in [6.07, 6.45) is 2.49. The van der Waals surface area contributed by atoms with Crippen molar-refractivity contribution in [2.45, 2.75) is 31.7 Å². The van der Waals surface area contributed by atoms with Crippen LogP contribution in [0.4, 0.5) is 5.82 Å². The van der Waals surface area contributed by atoms with Crippen molar-refractivity contribution in [1.29, 1.82) is 0 Å². The maximum atomic E-state index is 11.8. The molecule has 1 heterocycles. The summed E-state index contributed by atoms with van der Waals surface area (Å²) in [6, 6.07) is 12.1. The summed E-state index contributed by atoms with van der Waals surface area (Å²) >= 11 is 0. The highest BCUT2D eigenvalue weighted by Crippen LogP contribution is 2.21. The SMILES string of the molecule is O=C1CCCc2nc(N[C@@H](Cc3ccccc3)C(=O)O)ccc21. The molecule has 1 aliphatic rings. The summed E-state index contributed by atoms with van der Waals surface area (Å²) in [7, 11) is 0. The Bertz CT molecular complexity index is 728. The molecule has 1 atom stereocenters. The highest BCUT2D eigenvalue weighted by atomic mass is 16.4. The number of pyridine rings is 1. The first-order chi connectivity index (χ1) is 11.1. The molecule has 1 aromatic carbocycles. The molecule has 0 radical (unpaired) electrons. The van der Waals surface area contributed by atoms with E-state index in [2.05, 4.69) is 10.3 Å². The Morgan fingerprint density at radius 3 is 2.70 bits per heavy atom. The second-order valence-corrected chi connectivity index (χ2v) is 5.69. The zero-order valence-electron chi connectivity index (χ0n) is 12.7. The van der Waals surface area contributed by atoms with Crippen LogP contribution in [-0.2, 0) is 17.6 Å². The van der Waals surface area contributed by atoms with Crippen LogP contribution in [0.2, 0.25) is 0 Å². The minimum absolute atomic E-state index is 0.115. The summed E-state index contributed by atoms with van der Waals surface area (Å²) in [4.78, 5) is 27.8. The first-order valence-corrected chi connectivity index (χ1v) is 7.70. The van der Waals surface area contributed by atoms with Gasteiger partial charge < -0.3 is 10.4 Å². The molecule has 2 N–H and O–H groups in total. The molecule has 5 nitrogen and oxygen atoms in total. The Hall–Kier alpha value is -2.69. The molecule has 0 unspecified atom stereocenters. The largest absolute Gasteiger partial charge is 0.480 e. The molecular weight excluding hydrogens is 292 g/mol. The van der Waals surface area contributed by atoms with Crippen molar-refractivity contribution < 1.29 is 14.7 Å². The van der Waals surface area contributed by atoms with E-state index in [4.69, 9.17) is 0 Å². The number of carboxylic acid groups (broad SMARTS) is 1. The van der Waals surface area contributed by atoms with Crippen molar-refractivity contribution in [3.05, 3.63) is 59.3 Å². The first kappa shape index (κ1) is 15.2. The van der Waals surface area contributed by atoms with Crippen LogP contribution in [0.3, 0.4) is 0 Å². The number of aliphatic carboxylic acids is 1. The number of hydrogen-bond donors (Lipinski definition) is 2. The number of anilines is 1. The first-order valence-electron chi connectivity index (χ1n) is 7.70. The van der Waals surface area contributed by atoms with Gasteiger partial charge in [-0.1, -0.05) is 30.3 Å². The number of aromatic nitrogens is 1. The van der Waals surface area contributed by atoms with Crippen LogP contribution in [0.25, 0.3) is 0 Å². The van der Waals surface area contributed by atoms with Crippen molar-refractivity contribution in [3.63, 3.8) is 0 Å². The van der Waals surface area contributed by atoms with Gasteiger partial charge in [0.2, 0.25) is 0 Å². The molecular formula is C18H18N2O3. The van der Waals surface area contributed by atoms with Crippen LogP contribution in [0, 0.1) is 0 Å². The summed E-state index contributed by atoms with van der Waals surface area (Å²) in [6.45, 7) is 0. The van der Waals surface area contributed by atoms with E-state index in [0.29, 0.717) is 24.2 Å². The van der Waals surface area contributed by atoms with Crippen LogP contribution in [0.1, 0.15) is 34.5 Å². The lowest BCUT2D eigenvalue weighted by atomic mass is 9.95. The van der Waals surface area contributed by atoms with Gasteiger partial charge in [0.05, 0.1) is 5.69 Å². The minimum atomic E-state index is -0.926. The molecule has 1 aliphatic carbocycles. The number of Topliss-reactive ketones (excluding diaryl/α,β-unsaturated/α-hetero) is 1. The van der Waals surface area contributed by atoms with Gasteiger partial charge in [0, 0.05) is 18.4 Å². The lowest BCUT2D eigenvalue weighted by Gasteiger charge is -2.18. The summed E-state index contributed by atoms with van der Waals surface area (Å²) in [5, 5.41) is 12.4. The molecule has 2 aromatic rings. The highest BCUT2D eigenvalue weighted by molar-refractivity contribution is 5.98. The molecule has 118 valence electrons. The molecule has 1 aromatic heterocycles. The lowest BCUT2D eigenvalue weighted by Crippen LogP contribution is -2.32. The Labute approximate surface area is 134 Å². The molecule has 0 fully saturated rings. The molecule has 23 heavy (non-hydrogen) atoms. The number of nitrogens with one attached hydrogen (secondary N) is 1. The van der Waals surface area contributed by atoms with Crippen molar-refractivity contribution in [1.82, 2.24) is 4.98 Å². The number of carbonyl (C=O) groups excluding carboxylic acids is 1. The third-order valence-electron chi connectivity index (χ3n) is 3.99. The average Bonchev–Trinajstić information content (AvgIpc) is 2.55. The highest BCUT2D eigenvalue weighted by Gasteiger charge is 2.21. The maximum Gasteiger partial charge on any atom is 0.326 e. The van der Waals surface area contributed by atoms with Crippen molar-refractivity contribution >= 4 is 17.6 Å². The minimum Gasteiger partial charge on any atom is -0.480 e. The zero-order valence-corrected chi connectivity index (χ0v) is 12.7. The van der Waals surface area contributed by atoms with E-state index in [1.54, 1.807) is 12.1 Å². The normalized spacial score (nSPS) is 14.9. The Morgan fingerprint density at radius 2 is 1.96 bits per heavy atom. The fraction of sp³-hybridized carbons (Fsp3) is 0.278. The van der Waals surface area contributed by atoms with Gasteiger partial charge in [-0.05, 0) is 30.5 Å². The summed E-state index contributed by atoms with van der Waals surface area (Å²) < 4.78 is 0. The zero-order chi connectivity index (χ0) is 16.2. The smallest absolute Gasteiger partial charge is 0.326 e. The van der Waals surface area contributed by atoms with Gasteiger partial charge in [-0.3, -0.25) is 4.79 Å². The van der Waals surface area contributed by atoms with Crippen molar-refractivity contribution in [3.8, 4) is 0 Å². The van der Waals surface area contributed by atoms with Gasteiger partial charge in [0.15, 0.2) is 5.78 Å². The molecule has 0 amide bonds. The van der Waals surface area contributed by atoms with Crippen LogP contribution < -0.4 is 5.32 Å². The summed E-state index contributed by atoms with van der Waals surface area (Å²) in [5.74, 6) is -0.310. The van der Waals surface area contributed by atoms with Gasteiger partial charge in [-0.15, -0.1) is 0 Å². The third-order valence-corrected chi connectivity index (χ3v) is 3.99. The van der Waals surface area contributed by atoms with Gasteiger partial charge in [0.25, 0.3) is 0 Å². The quantitative estimate of drug-likeness (QED) is 0.887. The number of carboxylic acids is 1. The maximum absolute atomic E-state index is 11.8. The second-order valence-electron chi connectivity index (χ2n) is 5.69. The molecule has 0 saturated heterocycles. The second kappa shape index (κ2) is 6.60. The predicted octanol–water partition coefficient (Wildman–Crippen LogP) is 2.71. The predicted molar refractivity (Wildman–Crippen MR) is 86.7 cm³/mol.